The molecule has 0 aliphatic rings. The molecule has 3 rings (SSSR count). The second-order valence-corrected chi connectivity index (χ2v) is 6.78. The molecule has 32 heavy (non-hydrogen) atoms. The van der Waals surface area contributed by atoms with Crippen LogP contribution in [-0.4, -0.2) is 63.8 Å². The average molecular weight is 464 g/mol. The molecule has 1 N–H and O–H groups in total. The molecule has 170 valence electrons. The molecule has 0 bridgehead atoms. The molecule has 0 aliphatic heterocycles. The van der Waals surface area contributed by atoms with E-state index in [0.717, 1.165) is 4.68 Å². The van der Waals surface area contributed by atoms with E-state index in [1.165, 1.54) is 26.0 Å². The summed E-state index contributed by atoms with van der Waals surface area (Å²) in [6.07, 6.45) is 0. The number of nitrogens with zero attached hydrogens (tertiary/aromatic N) is 6. The molecule has 0 saturated carbocycles. The molecule has 0 spiro atoms. The van der Waals surface area contributed by atoms with Gasteiger partial charge < -0.3 is 14.2 Å². The van der Waals surface area contributed by atoms with E-state index < -0.39 is 11.5 Å². The lowest BCUT2D eigenvalue weighted by Gasteiger charge is -2.14. The number of amides is 1. The number of benzene rings is 1. The number of aromatic nitrogens is 6. The van der Waals surface area contributed by atoms with Crippen LogP contribution in [-0.2, 0) is 17.8 Å². The molecule has 2 aromatic heterocycles. The van der Waals surface area contributed by atoms with Crippen LogP contribution in [0, 0.1) is 0 Å². The van der Waals surface area contributed by atoms with E-state index in [2.05, 4.69) is 25.9 Å². The Morgan fingerprint density at radius 1 is 1.16 bits per heavy atom. The van der Waals surface area contributed by atoms with E-state index in [0.29, 0.717) is 30.2 Å². The number of anilines is 1. The van der Waals surface area contributed by atoms with Gasteiger partial charge in [0, 0.05) is 13.7 Å². The zero-order chi connectivity index (χ0) is 23.3. The lowest BCUT2D eigenvalue weighted by atomic mass is 10.1. The molecule has 0 aliphatic carbocycles. The van der Waals surface area contributed by atoms with Gasteiger partial charge in [0.05, 0.1) is 38.0 Å². The number of halogens is 1. The maximum absolute atomic E-state index is 13.0. The van der Waals surface area contributed by atoms with Crippen LogP contribution in [0.15, 0.2) is 23.0 Å². The molecule has 0 saturated heterocycles. The molecular weight excluding hydrogens is 442 g/mol. The van der Waals surface area contributed by atoms with E-state index in [1.54, 1.807) is 25.1 Å². The number of methoxy groups -OCH3 is 3. The summed E-state index contributed by atoms with van der Waals surface area (Å²) < 4.78 is 18.1. The second-order valence-electron chi connectivity index (χ2n) is 6.40. The fraction of sp³-hybridized carbons (Fsp3) is 0.368. The maximum atomic E-state index is 13.0. The molecule has 0 atom stereocenters. The van der Waals surface area contributed by atoms with Crippen LogP contribution in [0.4, 0.5) is 5.95 Å². The first-order valence-corrected chi connectivity index (χ1v) is 9.92. The number of carbonyl (C=O) groups is 1. The number of nitrogens with one attached hydrogen (secondary N) is 1. The van der Waals surface area contributed by atoms with Crippen molar-refractivity contribution in [1.29, 1.82) is 0 Å². The molecule has 0 radical (unpaired) electrons. The van der Waals surface area contributed by atoms with Crippen molar-refractivity contribution in [2.24, 2.45) is 0 Å². The Labute approximate surface area is 188 Å². The van der Waals surface area contributed by atoms with Crippen LogP contribution in [0.1, 0.15) is 17.4 Å². The largest absolute Gasteiger partial charge is 0.493 e. The monoisotopic (exact) mass is 463 g/mol. The Hall–Kier alpha value is -3.51. The van der Waals surface area contributed by atoms with Gasteiger partial charge in [-0.15, -0.1) is 0 Å². The highest BCUT2D eigenvalue weighted by Crippen LogP contribution is 2.34. The summed E-state index contributed by atoms with van der Waals surface area (Å²) in [5.74, 6) is 0.306. The Morgan fingerprint density at radius 2 is 1.91 bits per heavy atom. The smallest absolute Gasteiger partial charge is 0.280 e. The van der Waals surface area contributed by atoms with Crippen LogP contribution in [0.2, 0.25) is 5.02 Å². The van der Waals surface area contributed by atoms with E-state index in [4.69, 9.17) is 25.8 Å². The molecule has 0 fully saturated rings. The van der Waals surface area contributed by atoms with Crippen LogP contribution in [0.25, 0.3) is 11.1 Å². The third kappa shape index (κ3) is 4.55. The number of hydrogen-bond donors (Lipinski definition) is 1. The summed E-state index contributed by atoms with van der Waals surface area (Å²) in [6.45, 7) is 2.62. The van der Waals surface area contributed by atoms with Crippen molar-refractivity contribution < 1.29 is 19.0 Å². The molecule has 3 aromatic rings. The van der Waals surface area contributed by atoms with Crippen molar-refractivity contribution in [3.8, 4) is 22.6 Å². The van der Waals surface area contributed by atoms with Gasteiger partial charge in [-0.2, -0.15) is 5.10 Å². The maximum Gasteiger partial charge on any atom is 0.280 e. The van der Waals surface area contributed by atoms with Gasteiger partial charge in [0.25, 0.3) is 11.5 Å². The molecule has 1 amide bonds. The van der Waals surface area contributed by atoms with Crippen LogP contribution >= 0.6 is 11.6 Å². The highest BCUT2D eigenvalue weighted by Gasteiger charge is 2.24. The second kappa shape index (κ2) is 10.2. The van der Waals surface area contributed by atoms with Gasteiger partial charge in [-0.3, -0.25) is 14.9 Å². The van der Waals surface area contributed by atoms with Gasteiger partial charge in [0.15, 0.2) is 17.2 Å². The summed E-state index contributed by atoms with van der Waals surface area (Å²) in [7, 11) is 4.52. The number of carbonyl (C=O) groups excluding carboxylic acids is 1. The number of aryl methyl sites for hydroxylation is 1. The van der Waals surface area contributed by atoms with Crippen LogP contribution in [0.5, 0.6) is 11.5 Å². The van der Waals surface area contributed by atoms with Crippen molar-refractivity contribution in [2.45, 2.75) is 20.0 Å². The molecular formula is C19H22ClN7O5. The van der Waals surface area contributed by atoms with Crippen molar-refractivity contribution >= 4 is 23.5 Å². The van der Waals surface area contributed by atoms with Gasteiger partial charge >= 0.3 is 0 Å². The minimum absolute atomic E-state index is 0.0897. The standard InChI is InChI=1S/C19H22ClN7O5/c1-5-26-18(29)14(11-6-7-12(31-3)13(10-11)32-4)15(20)16(23-26)17(28)21-19-22-24-25-27(19)8-9-30-2/h6-7,10H,5,8-9H2,1-4H3,(H,21,22,25,28). The predicted molar refractivity (Wildman–Crippen MR) is 115 cm³/mol. The Balaban J connectivity index is 2.06. The number of hydrogen-bond acceptors (Lipinski definition) is 9. The highest BCUT2D eigenvalue weighted by molar-refractivity contribution is 6.36. The van der Waals surface area contributed by atoms with Crippen LogP contribution in [0.3, 0.4) is 0 Å². The quantitative estimate of drug-likeness (QED) is 0.500. The lowest BCUT2D eigenvalue weighted by Crippen LogP contribution is -2.29. The summed E-state index contributed by atoms with van der Waals surface area (Å²) >= 11 is 6.52. The Morgan fingerprint density at radius 3 is 2.56 bits per heavy atom. The van der Waals surface area contributed by atoms with E-state index in [9.17, 15) is 9.59 Å². The Kier molecular flexibility index (Phi) is 7.38. The molecule has 13 heteroatoms. The average Bonchev–Trinajstić information content (AvgIpc) is 3.24. The van der Waals surface area contributed by atoms with Gasteiger partial charge in [-0.1, -0.05) is 22.8 Å². The summed E-state index contributed by atoms with van der Waals surface area (Å²) in [4.78, 5) is 26.0. The van der Waals surface area contributed by atoms with Crippen LogP contribution < -0.4 is 20.3 Å². The zero-order valence-electron chi connectivity index (χ0n) is 18.0. The highest BCUT2D eigenvalue weighted by atomic mass is 35.5. The first-order valence-electron chi connectivity index (χ1n) is 9.54. The topological polar surface area (TPSA) is 135 Å². The molecule has 1 aromatic carbocycles. The van der Waals surface area contributed by atoms with Crippen molar-refractivity contribution in [1.82, 2.24) is 30.0 Å². The summed E-state index contributed by atoms with van der Waals surface area (Å²) in [5, 5.41) is 17.7. The fourth-order valence-electron chi connectivity index (χ4n) is 2.94. The first kappa shape index (κ1) is 23.2. The van der Waals surface area contributed by atoms with E-state index in [1.807, 2.05) is 0 Å². The van der Waals surface area contributed by atoms with Crippen molar-refractivity contribution in [3.63, 3.8) is 0 Å². The number of ether oxygens (including phenoxy) is 3. The van der Waals surface area contributed by atoms with Gasteiger partial charge in [0.1, 0.15) is 0 Å². The third-order valence-corrected chi connectivity index (χ3v) is 4.92. The minimum Gasteiger partial charge on any atom is -0.493 e. The summed E-state index contributed by atoms with van der Waals surface area (Å²) in [5.41, 5.74) is -0.0554. The van der Waals surface area contributed by atoms with E-state index >= 15 is 0 Å². The summed E-state index contributed by atoms with van der Waals surface area (Å²) in [6, 6.07) is 4.90. The first-order chi connectivity index (χ1) is 15.4. The van der Waals surface area contributed by atoms with Crippen molar-refractivity contribution in [2.75, 3.05) is 33.3 Å². The van der Waals surface area contributed by atoms with E-state index in [-0.39, 0.29) is 28.8 Å². The SMILES string of the molecule is CCn1nc(C(=O)Nc2nnnn2CCOC)c(Cl)c(-c2ccc(OC)c(OC)c2)c1=O. The molecule has 12 nitrogen and oxygen atoms in total. The normalized spacial score (nSPS) is 10.8. The molecule has 0 unspecified atom stereocenters. The van der Waals surface area contributed by atoms with Gasteiger partial charge in [0.2, 0.25) is 5.95 Å². The van der Waals surface area contributed by atoms with Gasteiger partial charge in [-0.05, 0) is 35.0 Å². The number of rotatable bonds is 9. The van der Waals surface area contributed by atoms with Crippen molar-refractivity contribution in [3.05, 3.63) is 39.3 Å². The third-order valence-electron chi connectivity index (χ3n) is 4.55. The lowest BCUT2D eigenvalue weighted by molar-refractivity contribution is 0.101. The minimum atomic E-state index is -0.674. The van der Waals surface area contributed by atoms with Gasteiger partial charge in [-0.25, -0.2) is 9.36 Å². The number of tetrazole rings is 1. The Bertz CT molecular complexity index is 1180. The molecule has 2 heterocycles. The predicted octanol–water partition coefficient (Wildman–Crippen LogP) is 1.49. The zero-order valence-corrected chi connectivity index (χ0v) is 18.7. The fourth-order valence-corrected chi connectivity index (χ4v) is 3.25.